The molecule has 0 spiro atoms. The lowest BCUT2D eigenvalue weighted by molar-refractivity contribution is -0.154. The van der Waals surface area contributed by atoms with Gasteiger partial charge >= 0.3 is 0 Å². The van der Waals surface area contributed by atoms with E-state index < -0.39 is 0 Å². The van der Waals surface area contributed by atoms with Crippen molar-refractivity contribution in [3.63, 3.8) is 0 Å². The molecule has 2 nitrogen and oxygen atoms in total. The van der Waals surface area contributed by atoms with Crippen LogP contribution in [-0.4, -0.2) is 6.61 Å². The maximum atomic E-state index is 5.98. The molecule has 1 unspecified atom stereocenters. The van der Waals surface area contributed by atoms with E-state index in [1.165, 1.54) is 11.8 Å². The summed E-state index contributed by atoms with van der Waals surface area (Å²) in [5.41, 5.74) is 2.12. The lowest BCUT2D eigenvalue weighted by atomic mass is 9.80. The van der Waals surface area contributed by atoms with Crippen molar-refractivity contribution in [1.82, 2.24) is 0 Å². The number of para-hydroxylation sites is 1. The summed E-state index contributed by atoms with van der Waals surface area (Å²) in [5, 5.41) is 0. The summed E-state index contributed by atoms with van der Waals surface area (Å²) in [6.07, 6.45) is 3.35. The van der Waals surface area contributed by atoms with Crippen molar-refractivity contribution in [3.05, 3.63) is 78.6 Å². The second-order valence-corrected chi connectivity index (χ2v) is 5.04. The lowest BCUT2D eigenvalue weighted by Crippen LogP contribution is -2.43. The van der Waals surface area contributed by atoms with Gasteiger partial charge in [0.05, 0.1) is 12.9 Å². The third-order valence-electron chi connectivity index (χ3n) is 3.80. The predicted octanol–water partition coefficient (Wildman–Crippen LogP) is 4.07. The number of ether oxygens (including phenoxy) is 2. The smallest absolute Gasteiger partial charge is 0.132 e. The van der Waals surface area contributed by atoms with Gasteiger partial charge in [0.2, 0.25) is 0 Å². The van der Waals surface area contributed by atoms with Crippen molar-refractivity contribution in [1.29, 1.82) is 0 Å². The summed E-state index contributed by atoms with van der Waals surface area (Å²) in [6, 6.07) is 18.5. The second kappa shape index (κ2) is 5.51. The summed E-state index contributed by atoms with van der Waals surface area (Å²) in [6.45, 7) is 4.44. The van der Waals surface area contributed by atoms with Crippen LogP contribution in [0.2, 0.25) is 0 Å². The quantitative estimate of drug-likeness (QED) is 0.760. The van der Waals surface area contributed by atoms with E-state index in [0.29, 0.717) is 0 Å². The summed E-state index contributed by atoms with van der Waals surface area (Å²) in [5.74, 6) is 0.832. The highest BCUT2D eigenvalue weighted by Gasteiger charge is 2.42. The molecule has 0 saturated carbocycles. The molecule has 0 amide bonds. The largest absolute Gasteiger partial charge is 0.465 e. The molecule has 1 fully saturated rings. The maximum Gasteiger partial charge on any atom is 0.132 e. The molecule has 1 saturated heterocycles. The van der Waals surface area contributed by atoms with Gasteiger partial charge < -0.3 is 9.47 Å². The Morgan fingerprint density at radius 2 is 1.80 bits per heavy atom. The van der Waals surface area contributed by atoms with Crippen molar-refractivity contribution in [3.8, 4) is 5.75 Å². The zero-order valence-corrected chi connectivity index (χ0v) is 11.4. The van der Waals surface area contributed by atoms with Crippen LogP contribution in [0.25, 0.3) is 0 Å². The first-order valence-corrected chi connectivity index (χ1v) is 6.89. The third-order valence-corrected chi connectivity index (χ3v) is 3.80. The van der Waals surface area contributed by atoms with Crippen LogP contribution in [0.3, 0.4) is 0 Å². The molecule has 1 heterocycles. The zero-order chi connectivity index (χ0) is 13.8. The van der Waals surface area contributed by atoms with Gasteiger partial charge in [-0.2, -0.15) is 0 Å². The SMILES string of the molecule is C=COc1ccccc1C1(Cc2ccccc2)CCO1. The molecular weight excluding hydrogens is 248 g/mol. The average molecular weight is 266 g/mol. The van der Waals surface area contributed by atoms with Gasteiger partial charge in [0.1, 0.15) is 11.4 Å². The molecule has 102 valence electrons. The summed E-state index contributed by atoms with van der Waals surface area (Å²) in [4.78, 5) is 0. The van der Waals surface area contributed by atoms with Crippen LogP contribution in [0.1, 0.15) is 17.5 Å². The van der Waals surface area contributed by atoms with Crippen molar-refractivity contribution in [2.75, 3.05) is 6.61 Å². The van der Waals surface area contributed by atoms with E-state index in [9.17, 15) is 0 Å². The Labute approximate surface area is 119 Å². The fourth-order valence-electron chi connectivity index (χ4n) is 2.76. The predicted molar refractivity (Wildman–Crippen MR) is 79.7 cm³/mol. The van der Waals surface area contributed by atoms with Crippen LogP contribution in [-0.2, 0) is 16.8 Å². The summed E-state index contributed by atoms with van der Waals surface area (Å²) < 4.78 is 11.5. The highest BCUT2D eigenvalue weighted by Crippen LogP contribution is 2.44. The first-order chi connectivity index (χ1) is 9.84. The Morgan fingerprint density at radius 3 is 2.45 bits per heavy atom. The molecule has 1 aliphatic heterocycles. The Morgan fingerprint density at radius 1 is 1.10 bits per heavy atom. The van der Waals surface area contributed by atoms with Gasteiger partial charge in [-0.15, -0.1) is 0 Å². The van der Waals surface area contributed by atoms with Crippen molar-refractivity contribution in [2.24, 2.45) is 0 Å². The second-order valence-electron chi connectivity index (χ2n) is 5.04. The Balaban J connectivity index is 1.95. The highest BCUT2D eigenvalue weighted by molar-refractivity contribution is 5.41. The van der Waals surface area contributed by atoms with Crippen LogP contribution in [0.4, 0.5) is 0 Å². The number of hydrogen-bond acceptors (Lipinski definition) is 2. The molecule has 2 aromatic carbocycles. The normalized spacial score (nSPS) is 21.0. The summed E-state index contributed by atoms with van der Waals surface area (Å²) in [7, 11) is 0. The monoisotopic (exact) mass is 266 g/mol. The van der Waals surface area contributed by atoms with Crippen molar-refractivity contribution in [2.45, 2.75) is 18.4 Å². The number of hydrogen-bond donors (Lipinski definition) is 0. The van der Waals surface area contributed by atoms with E-state index in [1.807, 2.05) is 24.3 Å². The fraction of sp³-hybridized carbons (Fsp3) is 0.222. The molecule has 0 bridgehead atoms. The molecule has 1 aliphatic rings. The van der Waals surface area contributed by atoms with E-state index in [0.717, 1.165) is 30.8 Å². The average Bonchev–Trinajstić information content (AvgIpc) is 2.45. The standard InChI is InChI=1S/C18H18O2/c1-2-19-17-11-7-6-10-16(17)18(12-13-20-18)14-15-8-4-3-5-9-15/h2-11H,1,12-14H2. The molecule has 0 aliphatic carbocycles. The Hall–Kier alpha value is -2.06. The Bertz CT molecular complexity index is 585. The third kappa shape index (κ3) is 2.35. The van der Waals surface area contributed by atoms with E-state index in [1.54, 1.807) is 0 Å². The topological polar surface area (TPSA) is 18.5 Å². The van der Waals surface area contributed by atoms with Crippen LogP contribution in [0.5, 0.6) is 5.75 Å². The molecule has 0 radical (unpaired) electrons. The fourth-order valence-corrected chi connectivity index (χ4v) is 2.76. The minimum atomic E-state index is -0.263. The van der Waals surface area contributed by atoms with Gasteiger partial charge in [-0.05, 0) is 11.6 Å². The van der Waals surface area contributed by atoms with Crippen LogP contribution >= 0.6 is 0 Å². The van der Waals surface area contributed by atoms with E-state index in [4.69, 9.17) is 9.47 Å². The lowest BCUT2D eigenvalue weighted by Gasteiger charge is -2.43. The minimum absolute atomic E-state index is 0.263. The molecule has 0 aromatic heterocycles. The van der Waals surface area contributed by atoms with Gasteiger partial charge in [0, 0.05) is 18.4 Å². The van der Waals surface area contributed by atoms with Gasteiger partial charge in [-0.3, -0.25) is 0 Å². The molecular formula is C18H18O2. The van der Waals surface area contributed by atoms with E-state index in [2.05, 4.69) is 36.9 Å². The Kier molecular flexibility index (Phi) is 3.57. The molecule has 2 heteroatoms. The van der Waals surface area contributed by atoms with E-state index >= 15 is 0 Å². The van der Waals surface area contributed by atoms with Gasteiger partial charge in [0.15, 0.2) is 0 Å². The molecule has 0 N–H and O–H groups in total. The van der Waals surface area contributed by atoms with Crippen molar-refractivity contribution < 1.29 is 9.47 Å². The van der Waals surface area contributed by atoms with Crippen LogP contribution in [0.15, 0.2) is 67.4 Å². The molecule has 20 heavy (non-hydrogen) atoms. The van der Waals surface area contributed by atoms with Crippen molar-refractivity contribution >= 4 is 0 Å². The molecule has 2 aromatic rings. The van der Waals surface area contributed by atoms with Crippen LogP contribution < -0.4 is 4.74 Å². The first kappa shape index (κ1) is 12.9. The maximum absolute atomic E-state index is 5.98. The zero-order valence-electron chi connectivity index (χ0n) is 11.4. The van der Waals surface area contributed by atoms with E-state index in [-0.39, 0.29) is 5.60 Å². The van der Waals surface area contributed by atoms with Gasteiger partial charge in [0.25, 0.3) is 0 Å². The van der Waals surface area contributed by atoms with Crippen LogP contribution in [0, 0.1) is 0 Å². The molecule has 1 atom stereocenters. The molecule has 3 rings (SSSR count). The first-order valence-electron chi connectivity index (χ1n) is 6.89. The number of benzene rings is 2. The highest BCUT2D eigenvalue weighted by atomic mass is 16.5. The minimum Gasteiger partial charge on any atom is -0.465 e. The number of rotatable bonds is 5. The van der Waals surface area contributed by atoms with Gasteiger partial charge in [-0.25, -0.2) is 0 Å². The summed E-state index contributed by atoms with van der Waals surface area (Å²) >= 11 is 0. The van der Waals surface area contributed by atoms with Gasteiger partial charge in [-0.1, -0.05) is 55.1 Å².